The van der Waals surface area contributed by atoms with Crippen molar-refractivity contribution in [1.82, 2.24) is 0 Å². The molecule has 4 N–H and O–H groups in total. The molecule has 0 atom stereocenters. The quantitative estimate of drug-likeness (QED) is 0.546. The summed E-state index contributed by atoms with van der Waals surface area (Å²) >= 11 is 0. The van der Waals surface area contributed by atoms with Crippen LogP contribution < -0.4 is 11.1 Å². The number of nitrogen functional groups attached to an aromatic ring is 1. The number of aromatic hydroxyl groups is 1. The Labute approximate surface area is 97.9 Å². The molecule has 0 aliphatic heterocycles. The van der Waals surface area contributed by atoms with Gasteiger partial charge in [0.2, 0.25) is 0 Å². The first kappa shape index (κ1) is 11.1. The Bertz CT molecular complexity index is 561. The van der Waals surface area contributed by atoms with Gasteiger partial charge in [0, 0.05) is 11.6 Å². The largest absolute Gasteiger partial charge is 0.508 e. The number of furan rings is 1. The van der Waals surface area contributed by atoms with Crippen LogP contribution in [0.15, 0.2) is 34.9 Å². The zero-order valence-electron chi connectivity index (χ0n) is 9.23. The molecule has 2 rings (SSSR count). The first-order valence-electron chi connectivity index (χ1n) is 5.02. The highest BCUT2D eigenvalue weighted by Crippen LogP contribution is 2.24. The van der Waals surface area contributed by atoms with Crippen LogP contribution in [0.5, 0.6) is 5.75 Å². The number of aryl methyl sites for hydroxylation is 1. The molecule has 0 aliphatic carbocycles. The van der Waals surface area contributed by atoms with Crippen LogP contribution in [0.4, 0.5) is 11.4 Å². The normalized spacial score (nSPS) is 10.2. The van der Waals surface area contributed by atoms with Crippen molar-refractivity contribution in [2.24, 2.45) is 0 Å². The van der Waals surface area contributed by atoms with Crippen LogP contribution in [0, 0.1) is 6.92 Å². The molecule has 1 amide bonds. The molecule has 0 fully saturated rings. The fourth-order valence-electron chi connectivity index (χ4n) is 1.45. The maximum absolute atomic E-state index is 11.8. The van der Waals surface area contributed by atoms with Gasteiger partial charge in [-0.15, -0.1) is 0 Å². The number of phenolic OH excluding ortho intramolecular Hbond substituents is 1. The van der Waals surface area contributed by atoms with Gasteiger partial charge in [-0.25, -0.2) is 0 Å². The summed E-state index contributed by atoms with van der Waals surface area (Å²) in [5, 5.41) is 11.8. The standard InChI is InChI=1S/C12H12N2O3/c1-7-4-5-17-11(7)12(16)14-10-3-2-8(15)6-9(10)13/h2-6,15H,13H2,1H3,(H,14,16). The molecule has 5 nitrogen and oxygen atoms in total. The number of hydrogen-bond donors (Lipinski definition) is 3. The van der Waals surface area contributed by atoms with Crippen molar-refractivity contribution in [3.05, 3.63) is 41.9 Å². The average molecular weight is 232 g/mol. The number of nitrogens with two attached hydrogens (primary N) is 1. The molecule has 17 heavy (non-hydrogen) atoms. The van der Waals surface area contributed by atoms with Gasteiger partial charge in [0.15, 0.2) is 5.76 Å². The number of phenols is 1. The predicted octanol–water partition coefficient (Wildman–Crippen LogP) is 2.13. The van der Waals surface area contributed by atoms with E-state index in [0.717, 1.165) is 5.56 Å². The second kappa shape index (κ2) is 4.21. The molecule has 0 aliphatic rings. The van der Waals surface area contributed by atoms with Gasteiger partial charge >= 0.3 is 0 Å². The van der Waals surface area contributed by atoms with Crippen molar-refractivity contribution in [3.63, 3.8) is 0 Å². The van der Waals surface area contributed by atoms with Crippen LogP contribution in [-0.2, 0) is 0 Å². The fraction of sp³-hybridized carbons (Fsp3) is 0.0833. The minimum atomic E-state index is -0.370. The lowest BCUT2D eigenvalue weighted by Gasteiger charge is -2.07. The first-order valence-corrected chi connectivity index (χ1v) is 5.02. The van der Waals surface area contributed by atoms with Crippen LogP contribution in [0.2, 0.25) is 0 Å². The Morgan fingerprint density at radius 1 is 1.41 bits per heavy atom. The first-order chi connectivity index (χ1) is 8.08. The number of anilines is 2. The van der Waals surface area contributed by atoms with Crippen LogP contribution in [0.25, 0.3) is 0 Å². The minimum absolute atomic E-state index is 0.0506. The Morgan fingerprint density at radius 3 is 2.76 bits per heavy atom. The Balaban J connectivity index is 2.22. The lowest BCUT2D eigenvalue weighted by Crippen LogP contribution is -2.13. The fourth-order valence-corrected chi connectivity index (χ4v) is 1.45. The summed E-state index contributed by atoms with van der Waals surface area (Å²) in [6, 6.07) is 6.04. The zero-order valence-corrected chi connectivity index (χ0v) is 9.23. The highest BCUT2D eigenvalue weighted by molar-refractivity contribution is 6.04. The van der Waals surface area contributed by atoms with Gasteiger partial charge in [-0.05, 0) is 25.1 Å². The highest BCUT2D eigenvalue weighted by Gasteiger charge is 2.13. The van der Waals surface area contributed by atoms with Gasteiger partial charge in [-0.2, -0.15) is 0 Å². The van der Waals surface area contributed by atoms with E-state index in [1.54, 1.807) is 13.0 Å². The van der Waals surface area contributed by atoms with Crippen LogP contribution >= 0.6 is 0 Å². The van der Waals surface area contributed by atoms with Crippen molar-refractivity contribution >= 4 is 17.3 Å². The summed E-state index contributed by atoms with van der Waals surface area (Å²) in [5.41, 5.74) is 7.13. The molecule has 0 saturated heterocycles. The maximum atomic E-state index is 11.8. The second-order valence-corrected chi connectivity index (χ2v) is 3.66. The average Bonchev–Trinajstić information content (AvgIpc) is 2.68. The summed E-state index contributed by atoms with van der Waals surface area (Å²) in [6.07, 6.45) is 1.45. The molecule has 0 unspecified atom stereocenters. The summed E-state index contributed by atoms with van der Waals surface area (Å²) < 4.78 is 5.06. The lowest BCUT2D eigenvalue weighted by atomic mass is 10.2. The number of rotatable bonds is 2. The summed E-state index contributed by atoms with van der Waals surface area (Å²) in [7, 11) is 0. The van der Waals surface area contributed by atoms with Crippen LogP contribution in [-0.4, -0.2) is 11.0 Å². The van der Waals surface area contributed by atoms with E-state index in [1.165, 1.54) is 24.5 Å². The molecule has 0 bridgehead atoms. The molecule has 0 saturated carbocycles. The van der Waals surface area contributed by atoms with E-state index >= 15 is 0 Å². The SMILES string of the molecule is Cc1ccoc1C(=O)Nc1ccc(O)cc1N. The van der Waals surface area contributed by atoms with E-state index in [4.69, 9.17) is 10.2 Å². The minimum Gasteiger partial charge on any atom is -0.508 e. The predicted molar refractivity (Wildman–Crippen MR) is 63.9 cm³/mol. The number of amides is 1. The highest BCUT2D eigenvalue weighted by atomic mass is 16.3. The third-order valence-electron chi connectivity index (χ3n) is 2.35. The molecule has 2 aromatic rings. The topological polar surface area (TPSA) is 88.5 Å². The molecular weight excluding hydrogens is 220 g/mol. The van der Waals surface area contributed by atoms with E-state index in [0.29, 0.717) is 11.4 Å². The Morgan fingerprint density at radius 2 is 2.18 bits per heavy atom. The van der Waals surface area contributed by atoms with E-state index < -0.39 is 0 Å². The van der Waals surface area contributed by atoms with Gasteiger partial charge < -0.3 is 20.6 Å². The molecule has 1 aromatic heterocycles. The van der Waals surface area contributed by atoms with Gasteiger partial charge in [-0.1, -0.05) is 0 Å². The Hall–Kier alpha value is -2.43. The van der Waals surface area contributed by atoms with Crippen molar-refractivity contribution < 1.29 is 14.3 Å². The monoisotopic (exact) mass is 232 g/mol. The van der Waals surface area contributed by atoms with E-state index in [2.05, 4.69) is 5.32 Å². The number of nitrogens with one attached hydrogen (secondary N) is 1. The van der Waals surface area contributed by atoms with E-state index in [1.807, 2.05) is 0 Å². The van der Waals surface area contributed by atoms with Gasteiger partial charge in [-0.3, -0.25) is 4.79 Å². The zero-order chi connectivity index (χ0) is 12.4. The molecule has 88 valence electrons. The van der Waals surface area contributed by atoms with E-state index in [9.17, 15) is 9.90 Å². The summed E-state index contributed by atoms with van der Waals surface area (Å²) in [4.78, 5) is 11.8. The van der Waals surface area contributed by atoms with Crippen LogP contribution in [0.1, 0.15) is 16.1 Å². The van der Waals surface area contributed by atoms with Gasteiger partial charge in [0.05, 0.1) is 17.6 Å². The maximum Gasteiger partial charge on any atom is 0.291 e. The second-order valence-electron chi connectivity index (χ2n) is 3.66. The number of hydrogen-bond acceptors (Lipinski definition) is 4. The number of benzene rings is 1. The van der Waals surface area contributed by atoms with Crippen LogP contribution in [0.3, 0.4) is 0 Å². The Kier molecular flexibility index (Phi) is 2.74. The summed E-state index contributed by atoms with van der Waals surface area (Å²) in [5.74, 6) is -0.0722. The summed E-state index contributed by atoms with van der Waals surface area (Å²) in [6.45, 7) is 1.78. The van der Waals surface area contributed by atoms with Crippen molar-refractivity contribution in [3.8, 4) is 5.75 Å². The molecule has 0 radical (unpaired) electrons. The molecule has 0 spiro atoms. The molecule has 1 heterocycles. The number of carbonyl (C=O) groups excluding carboxylic acids is 1. The molecule has 1 aromatic carbocycles. The van der Waals surface area contributed by atoms with Crippen molar-refractivity contribution in [2.75, 3.05) is 11.1 Å². The molecular formula is C12H12N2O3. The van der Waals surface area contributed by atoms with E-state index in [-0.39, 0.29) is 17.4 Å². The third-order valence-corrected chi connectivity index (χ3v) is 2.35. The van der Waals surface area contributed by atoms with Gasteiger partial charge in [0.1, 0.15) is 5.75 Å². The third kappa shape index (κ3) is 2.23. The van der Waals surface area contributed by atoms with Crippen molar-refractivity contribution in [1.29, 1.82) is 0 Å². The van der Waals surface area contributed by atoms with Gasteiger partial charge in [0.25, 0.3) is 5.91 Å². The van der Waals surface area contributed by atoms with Crippen molar-refractivity contribution in [2.45, 2.75) is 6.92 Å². The smallest absolute Gasteiger partial charge is 0.291 e. The molecule has 5 heteroatoms. The lowest BCUT2D eigenvalue weighted by molar-refractivity contribution is 0.0996. The number of carbonyl (C=O) groups is 1.